The number of hydrogen-bond acceptors (Lipinski definition) is 4. The minimum Gasteiger partial charge on any atom is -0.461 e. The highest BCUT2D eigenvalue weighted by Gasteiger charge is 2.43. The van der Waals surface area contributed by atoms with Crippen LogP contribution >= 0.6 is 11.6 Å². The van der Waals surface area contributed by atoms with Gasteiger partial charge < -0.3 is 4.74 Å². The number of nitrogens with zero attached hydrogens (tertiary/aromatic N) is 2. The monoisotopic (exact) mass is 402 g/mol. The van der Waals surface area contributed by atoms with Gasteiger partial charge in [-0.15, -0.1) is 0 Å². The average Bonchev–Trinajstić information content (AvgIpc) is 3.19. The molecule has 0 aliphatic carbocycles. The molecule has 2 aliphatic heterocycles. The number of hydrazone groups is 1. The Hall–Kier alpha value is -3.11. The molecule has 0 N–H and O–H groups in total. The van der Waals surface area contributed by atoms with Crippen LogP contribution in [0.1, 0.15) is 39.5 Å². The molecule has 2 atom stereocenters. The standard InChI is InChI=1S/C24H19ClN2O2/c1-15-6-8-16(9-7-15)20-14-21-19-4-2-3-5-22(19)29-24(27(21)26-20)23(28)17-10-12-18(25)13-11-17/h2-13,21,24H,14H2,1H3/t21-,24+/m1/s1. The molecular formula is C24H19ClN2O2. The summed E-state index contributed by atoms with van der Waals surface area (Å²) < 4.78 is 6.13. The van der Waals surface area contributed by atoms with Gasteiger partial charge in [-0.1, -0.05) is 59.6 Å². The summed E-state index contributed by atoms with van der Waals surface area (Å²) in [4.78, 5) is 13.3. The lowest BCUT2D eigenvalue weighted by Crippen LogP contribution is -2.45. The number of hydrogen-bond donors (Lipinski definition) is 0. The van der Waals surface area contributed by atoms with Gasteiger partial charge >= 0.3 is 0 Å². The maximum absolute atomic E-state index is 13.3. The van der Waals surface area contributed by atoms with Crippen molar-refractivity contribution in [3.05, 3.63) is 100 Å². The average molecular weight is 403 g/mol. The lowest BCUT2D eigenvalue weighted by atomic mass is 9.95. The summed E-state index contributed by atoms with van der Waals surface area (Å²) in [6, 6.07) is 23.0. The highest BCUT2D eigenvalue weighted by Crippen LogP contribution is 2.43. The fraction of sp³-hybridized carbons (Fsp3) is 0.167. The Labute approximate surface area is 174 Å². The van der Waals surface area contributed by atoms with Gasteiger partial charge in [-0.05, 0) is 42.8 Å². The summed E-state index contributed by atoms with van der Waals surface area (Å²) in [5, 5.41) is 7.24. The summed E-state index contributed by atoms with van der Waals surface area (Å²) in [6.07, 6.45) is -0.0765. The Morgan fingerprint density at radius 2 is 1.76 bits per heavy atom. The van der Waals surface area contributed by atoms with Crippen LogP contribution in [-0.4, -0.2) is 22.7 Å². The lowest BCUT2D eigenvalue weighted by Gasteiger charge is -2.37. The van der Waals surface area contributed by atoms with Crippen LogP contribution in [0, 0.1) is 6.92 Å². The zero-order valence-corrected chi connectivity index (χ0v) is 16.6. The van der Waals surface area contributed by atoms with E-state index in [1.165, 1.54) is 5.56 Å². The van der Waals surface area contributed by atoms with Crippen LogP contribution in [0.4, 0.5) is 0 Å². The first-order valence-electron chi connectivity index (χ1n) is 9.58. The van der Waals surface area contributed by atoms with Crippen LogP contribution in [0.2, 0.25) is 5.02 Å². The maximum atomic E-state index is 13.3. The molecule has 0 aromatic heterocycles. The number of fused-ring (bicyclic) bond motifs is 3. The summed E-state index contributed by atoms with van der Waals surface area (Å²) >= 11 is 5.98. The molecule has 5 rings (SSSR count). The van der Waals surface area contributed by atoms with E-state index in [0.717, 1.165) is 29.0 Å². The molecule has 0 fully saturated rings. The molecule has 0 saturated heterocycles. The van der Waals surface area contributed by atoms with Crippen molar-refractivity contribution in [2.24, 2.45) is 5.10 Å². The number of benzene rings is 3. The molecule has 2 heterocycles. The van der Waals surface area contributed by atoms with Crippen molar-refractivity contribution in [1.82, 2.24) is 5.01 Å². The first kappa shape index (κ1) is 18.0. The molecular weight excluding hydrogens is 384 g/mol. The SMILES string of the molecule is Cc1ccc(C2=NN3[C@H](C2)c2ccccc2O[C@H]3C(=O)c2ccc(Cl)cc2)cc1. The summed E-state index contributed by atoms with van der Waals surface area (Å²) in [6.45, 7) is 2.06. The second-order valence-corrected chi connectivity index (χ2v) is 7.83. The zero-order valence-electron chi connectivity index (χ0n) is 15.9. The largest absolute Gasteiger partial charge is 0.461 e. The molecule has 5 heteroatoms. The van der Waals surface area contributed by atoms with E-state index in [1.807, 2.05) is 29.3 Å². The van der Waals surface area contributed by atoms with Gasteiger partial charge in [-0.3, -0.25) is 4.79 Å². The molecule has 144 valence electrons. The van der Waals surface area contributed by atoms with Gasteiger partial charge in [0, 0.05) is 22.6 Å². The van der Waals surface area contributed by atoms with Crippen molar-refractivity contribution in [2.75, 3.05) is 0 Å². The van der Waals surface area contributed by atoms with Crippen LogP contribution in [0.3, 0.4) is 0 Å². The smallest absolute Gasteiger partial charge is 0.251 e. The summed E-state index contributed by atoms with van der Waals surface area (Å²) in [7, 11) is 0. The molecule has 0 bridgehead atoms. The molecule has 0 spiro atoms. The molecule has 3 aromatic carbocycles. The zero-order chi connectivity index (χ0) is 20.0. The molecule has 4 nitrogen and oxygen atoms in total. The Kier molecular flexibility index (Phi) is 4.36. The van der Waals surface area contributed by atoms with Crippen molar-refractivity contribution in [3.8, 4) is 5.75 Å². The quantitative estimate of drug-likeness (QED) is 0.551. The number of halogens is 1. The van der Waals surface area contributed by atoms with Gasteiger partial charge in [0.25, 0.3) is 6.23 Å². The minimum atomic E-state index is -0.806. The maximum Gasteiger partial charge on any atom is 0.251 e. The van der Waals surface area contributed by atoms with E-state index < -0.39 is 6.23 Å². The fourth-order valence-corrected chi connectivity index (χ4v) is 4.01. The van der Waals surface area contributed by atoms with Gasteiger partial charge in [0.1, 0.15) is 5.75 Å². The highest BCUT2D eigenvalue weighted by atomic mass is 35.5. The Morgan fingerprint density at radius 3 is 2.52 bits per heavy atom. The second-order valence-electron chi connectivity index (χ2n) is 7.39. The number of ether oxygens (including phenoxy) is 1. The van der Waals surface area contributed by atoms with Crippen LogP contribution in [-0.2, 0) is 0 Å². The van der Waals surface area contributed by atoms with E-state index in [-0.39, 0.29) is 11.8 Å². The number of carbonyl (C=O) groups is 1. The highest BCUT2D eigenvalue weighted by molar-refractivity contribution is 6.30. The van der Waals surface area contributed by atoms with E-state index in [1.54, 1.807) is 24.3 Å². The number of aryl methyl sites for hydroxylation is 1. The third-order valence-electron chi connectivity index (χ3n) is 5.44. The third kappa shape index (κ3) is 3.19. The summed E-state index contributed by atoms with van der Waals surface area (Å²) in [5.41, 5.74) is 4.84. The fourth-order valence-electron chi connectivity index (χ4n) is 3.88. The van der Waals surface area contributed by atoms with E-state index in [0.29, 0.717) is 10.6 Å². The van der Waals surface area contributed by atoms with Gasteiger partial charge in [0.15, 0.2) is 0 Å². The Balaban J connectivity index is 1.55. The van der Waals surface area contributed by atoms with Gasteiger partial charge in [-0.25, -0.2) is 5.01 Å². The van der Waals surface area contributed by atoms with Crippen molar-refractivity contribution < 1.29 is 9.53 Å². The van der Waals surface area contributed by atoms with Crippen molar-refractivity contribution in [1.29, 1.82) is 0 Å². The number of rotatable bonds is 3. The summed E-state index contributed by atoms with van der Waals surface area (Å²) in [5.74, 6) is 0.608. The molecule has 0 radical (unpaired) electrons. The van der Waals surface area contributed by atoms with Gasteiger partial charge in [0.2, 0.25) is 5.78 Å². The van der Waals surface area contributed by atoms with Crippen LogP contribution in [0.5, 0.6) is 5.75 Å². The minimum absolute atomic E-state index is 0.0301. The normalized spacial score (nSPS) is 19.8. The van der Waals surface area contributed by atoms with E-state index >= 15 is 0 Å². The van der Waals surface area contributed by atoms with Crippen molar-refractivity contribution in [2.45, 2.75) is 25.6 Å². The number of para-hydroxylation sites is 1. The van der Waals surface area contributed by atoms with Crippen LogP contribution in [0.15, 0.2) is 77.9 Å². The number of Topliss-reactive ketones (excluding diaryl/α,β-unsaturated/α-hetero) is 1. The number of ketones is 1. The first-order valence-corrected chi connectivity index (χ1v) is 9.96. The van der Waals surface area contributed by atoms with Crippen molar-refractivity contribution in [3.63, 3.8) is 0 Å². The topological polar surface area (TPSA) is 41.9 Å². The molecule has 3 aromatic rings. The predicted octanol–water partition coefficient (Wildman–Crippen LogP) is 5.40. The predicted molar refractivity (Wildman–Crippen MR) is 114 cm³/mol. The molecule has 29 heavy (non-hydrogen) atoms. The van der Waals surface area contributed by atoms with Crippen LogP contribution < -0.4 is 4.74 Å². The lowest BCUT2D eigenvalue weighted by molar-refractivity contribution is -0.00455. The third-order valence-corrected chi connectivity index (χ3v) is 5.69. The van der Waals surface area contributed by atoms with E-state index in [9.17, 15) is 4.79 Å². The second kappa shape index (κ2) is 7.05. The molecule has 2 aliphatic rings. The van der Waals surface area contributed by atoms with Crippen LogP contribution in [0.25, 0.3) is 0 Å². The first-order chi connectivity index (χ1) is 14.1. The van der Waals surface area contributed by atoms with Gasteiger partial charge in [-0.2, -0.15) is 5.10 Å². The van der Waals surface area contributed by atoms with E-state index in [4.69, 9.17) is 21.4 Å². The Bertz CT molecular complexity index is 1110. The molecule has 0 saturated carbocycles. The van der Waals surface area contributed by atoms with Gasteiger partial charge in [0.05, 0.1) is 11.8 Å². The molecule has 0 amide bonds. The number of carbonyl (C=O) groups excluding carboxylic acids is 1. The van der Waals surface area contributed by atoms with Crippen molar-refractivity contribution >= 4 is 23.1 Å². The van der Waals surface area contributed by atoms with E-state index in [2.05, 4.69) is 31.2 Å². The Morgan fingerprint density at radius 1 is 1.03 bits per heavy atom. The molecule has 0 unspecified atom stereocenters.